The molecule has 0 amide bonds. The van der Waals surface area contributed by atoms with E-state index in [1.807, 2.05) is 36.4 Å². The smallest absolute Gasteiger partial charge is 0.147 e. The van der Waals surface area contributed by atoms with E-state index >= 15 is 0 Å². The van der Waals surface area contributed by atoms with E-state index in [-0.39, 0.29) is 0 Å². The van der Waals surface area contributed by atoms with Crippen molar-refractivity contribution >= 4 is 28.5 Å². The van der Waals surface area contributed by atoms with Crippen LogP contribution in [0.4, 0.5) is 15.9 Å². The summed E-state index contributed by atoms with van der Waals surface area (Å²) in [6.07, 6.45) is 4.33. The van der Waals surface area contributed by atoms with Crippen LogP contribution in [0.3, 0.4) is 0 Å². The Balaban J connectivity index is 2.03. The van der Waals surface area contributed by atoms with Crippen LogP contribution < -0.4 is 5.32 Å². The molecule has 0 radical (unpaired) electrons. The van der Waals surface area contributed by atoms with Gasteiger partial charge in [0.15, 0.2) is 0 Å². The molecule has 3 rings (SSSR count). The predicted octanol–water partition coefficient (Wildman–Crippen LogP) is 4.36. The summed E-state index contributed by atoms with van der Waals surface area (Å²) in [5.74, 6) is 0.156. The number of nitrogens with one attached hydrogen (secondary N) is 1. The summed E-state index contributed by atoms with van der Waals surface area (Å²) in [5.41, 5.74) is 2.52. The van der Waals surface area contributed by atoms with Gasteiger partial charge >= 0.3 is 0 Å². The Kier molecular flexibility index (Phi) is 3.98. The van der Waals surface area contributed by atoms with Crippen LogP contribution in [0.1, 0.15) is 11.1 Å². The molecule has 1 heterocycles. The van der Waals surface area contributed by atoms with Gasteiger partial charge in [-0.3, -0.25) is 0 Å². The average Bonchev–Trinajstić information content (AvgIpc) is 2.56. The number of hydrogen-bond acceptors (Lipinski definition) is 4. The minimum absolute atomic E-state index is 0.364. The molecule has 1 N–H and O–H groups in total. The SMILES string of the molecule is Cc1cc(C=CC#N)cc(F)c1Nc1ncnc2ccccc12. The van der Waals surface area contributed by atoms with E-state index in [0.29, 0.717) is 17.1 Å². The maximum Gasteiger partial charge on any atom is 0.147 e. The molecule has 1 aromatic heterocycles. The number of nitrogens with zero attached hydrogens (tertiary/aromatic N) is 3. The van der Waals surface area contributed by atoms with Gasteiger partial charge in [0, 0.05) is 11.5 Å². The standard InChI is InChI=1S/C18H13FN4/c1-12-9-13(5-4-8-20)10-15(19)17(12)23-18-14-6-2-3-7-16(14)21-11-22-18/h2-7,9-11H,1H3,(H,21,22,23). The first kappa shape index (κ1) is 14.7. The number of halogens is 1. The number of nitriles is 1. The normalized spacial score (nSPS) is 10.8. The summed E-state index contributed by atoms with van der Waals surface area (Å²) in [6, 6.07) is 12.6. The Hall–Kier alpha value is -3.26. The van der Waals surface area contributed by atoms with Gasteiger partial charge in [0.1, 0.15) is 18.0 Å². The quantitative estimate of drug-likeness (QED) is 0.730. The van der Waals surface area contributed by atoms with Crippen molar-refractivity contribution in [3.63, 3.8) is 0 Å². The Morgan fingerprint density at radius 1 is 1.22 bits per heavy atom. The van der Waals surface area contributed by atoms with Crippen molar-refractivity contribution in [1.82, 2.24) is 9.97 Å². The topological polar surface area (TPSA) is 61.6 Å². The average molecular weight is 304 g/mol. The molecule has 3 aromatic rings. The Morgan fingerprint density at radius 2 is 2.04 bits per heavy atom. The lowest BCUT2D eigenvalue weighted by Gasteiger charge is -2.12. The molecule has 5 heteroatoms. The van der Waals surface area contributed by atoms with Crippen molar-refractivity contribution in [2.45, 2.75) is 6.92 Å². The van der Waals surface area contributed by atoms with E-state index < -0.39 is 5.82 Å². The van der Waals surface area contributed by atoms with Gasteiger partial charge in [-0.05, 0) is 48.4 Å². The second-order valence-corrected chi connectivity index (χ2v) is 5.02. The van der Waals surface area contributed by atoms with Crippen molar-refractivity contribution in [3.05, 3.63) is 65.7 Å². The number of allylic oxidation sites excluding steroid dienone is 1. The Labute approximate surface area is 132 Å². The molecular formula is C18H13FN4. The van der Waals surface area contributed by atoms with Crippen molar-refractivity contribution in [2.75, 3.05) is 5.32 Å². The highest BCUT2D eigenvalue weighted by Gasteiger charge is 2.10. The Bertz CT molecular complexity index is 913. The van der Waals surface area contributed by atoms with E-state index in [2.05, 4.69) is 15.3 Å². The van der Waals surface area contributed by atoms with Crippen LogP contribution in [0.25, 0.3) is 17.0 Å². The molecule has 23 heavy (non-hydrogen) atoms. The van der Waals surface area contributed by atoms with Gasteiger partial charge in [0.2, 0.25) is 0 Å². The van der Waals surface area contributed by atoms with Gasteiger partial charge < -0.3 is 5.32 Å². The highest BCUT2D eigenvalue weighted by atomic mass is 19.1. The summed E-state index contributed by atoms with van der Waals surface area (Å²) in [7, 11) is 0. The van der Waals surface area contributed by atoms with E-state index in [9.17, 15) is 4.39 Å². The van der Waals surface area contributed by atoms with Gasteiger partial charge in [0.25, 0.3) is 0 Å². The maximum atomic E-state index is 14.4. The first-order valence-corrected chi connectivity index (χ1v) is 7.02. The summed E-state index contributed by atoms with van der Waals surface area (Å²) >= 11 is 0. The highest BCUT2D eigenvalue weighted by Crippen LogP contribution is 2.28. The van der Waals surface area contributed by atoms with Crippen LogP contribution in [0.2, 0.25) is 0 Å². The molecule has 4 nitrogen and oxygen atoms in total. The number of benzene rings is 2. The summed E-state index contributed by atoms with van der Waals surface area (Å²) in [6.45, 7) is 1.80. The largest absolute Gasteiger partial charge is 0.337 e. The molecule has 0 unspecified atom stereocenters. The lowest BCUT2D eigenvalue weighted by Crippen LogP contribution is -2.01. The molecule has 0 spiro atoms. The number of para-hydroxylation sites is 1. The van der Waals surface area contributed by atoms with Gasteiger partial charge in [-0.15, -0.1) is 0 Å². The lowest BCUT2D eigenvalue weighted by molar-refractivity contribution is 0.630. The summed E-state index contributed by atoms with van der Waals surface area (Å²) in [4.78, 5) is 8.40. The Morgan fingerprint density at radius 3 is 2.83 bits per heavy atom. The fraction of sp³-hybridized carbons (Fsp3) is 0.0556. The second kappa shape index (κ2) is 6.24. The molecule has 112 valence electrons. The van der Waals surface area contributed by atoms with Crippen LogP contribution in [0, 0.1) is 24.1 Å². The van der Waals surface area contributed by atoms with Crippen LogP contribution in [0.15, 0.2) is 48.8 Å². The molecule has 0 bridgehead atoms. The van der Waals surface area contributed by atoms with Crippen molar-refractivity contribution in [3.8, 4) is 6.07 Å². The number of rotatable bonds is 3. The third-order valence-corrected chi connectivity index (χ3v) is 3.45. The summed E-state index contributed by atoms with van der Waals surface area (Å²) in [5, 5.41) is 12.4. The van der Waals surface area contributed by atoms with Gasteiger partial charge in [-0.2, -0.15) is 5.26 Å². The van der Waals surface area contributed by atoms with Gasteiger partial charge in [-0.1, -0.05) is 12.1 Å². The molecule has 0 fully saturated rings. The minimum atomic E-state index is -0.398. The summed E-state index contributed by atoms with van der Waals surface area (Å²) < 4.78 is 14.4. The molecule has 0 saturated carbocycles. The molecule has 0 aliphatic heterocycles. The zero-order chi connectivity index (χ0) is 16.2. The number of fused-ring (bicyclic) bond motifs is 1. The van der Waals surface area contributed by atoms with Crippen molar-refractivity contribution in [2.24, 2.45) is 0 Å². The first-order chi connectivity index (χ1) is 11.2. The molecule has 2 aromatic carbocycles. The van der Waals surface area contributed by atoms with Crippen LogP contribution in [-0.2, 0) is 0 Å². The third kappa shape index (κ3) is 3.01. The fourth-order valence-corrected chi connectivity index (χ4v) is 2.38. The van der Waals surface area contributed by atoms with Crippen molar-refractivity contribution in [1.29, 1.82) is 5.26 Å². The van der Waals surface area contributed by atoms with E-state index in [4.69, 9.17) is 5.26 Å². The zero-order valence-electron chi connectivity index (χ0n) is 12.4. The highest BCUT2D eigenvalue weighted by molar-refractivity contribution is 5.90. The number of hydrogen-bond donors (Lipinski definition) is 1. The lowest BCUT2D eigenvalue weighted by atomic mass is 10.1. The maximum absolute atomic E-state index is 14.4. The number of aryl methyl sites for hydroxylation is 1. The van der Waals surface area contributed by atoms with Gasteiger partial charge in [0.05, 0.1) is 17.3 Å². The molecular weight excluding hydrogens is 291 g/mol. The van der Waals surface area contributed by atoms with E-state index in [0.717, 1.165) is 16.5 Å². The molecule has 0 atom stereocenters. The molecule has 0 aliphatic carbocycles. The fourth-order valence-electron chi connectivity index (χ4n) is 2.38. The van der Waals surface area contributed by atoms with E-state index in [1.165, 1.54) is 18.5 Å². The monoisotopic (exact) mass is 304 g/mol. The second-order valence-electron chi connectivity index (χ2n) is 5.02. The third-order valence-electron chi connectivity index (χ3n) is 3.45. The predicted molar refractivity (Wildman–Crippen MR) is 88.6 cm³/mol. The molecule has 0 saturated heterocycles. The minimum Gasteiger partial charge on any atom is -0.337 e. The van der Waals surface area contributed by atoms with Crippen LogP contribution >= 0.6 is 0 Å². The van der Waals surface area contributed by atoms with E-state index in [1.54, 1.807) is 13.0 Å². The van der Waals surface area contributed by atoms with Crippen molar-refractivity contribution < 1.29 is 4.39 Å². The first-order valence-electron chi connectivity index (χ1n) is 7.02. The number of anilines is 2. The van der Waals surface area contributed by atoms with Crippen LogP contribution in [-0.4, -0.2) is 9.97 Å². The van der Waals surface area contributed by atoms with Crippen LogP contribution in [0.5, 0.6) is 0 Å². The zero-order valence-corrected chi connectivity index (χ0v) is 12.4. The number of aromatic nitrogens is 2. The molecule has 0 aliphatic rings. The van der Waals surface area contributed by atoms with Gasteiger partial charge in [-0.25, -0.2) is 14.4 Å².